The van der Waals surface area contributed by atoms with Crippen LogP contribution in [-0.4, -0.2) is 18.1 Å². The number of hydrogen-bond acceptors (Lipinski definition) is 3. The number of hydrogen-bond donors (Lipinski definition) is 1. The van der Waals surface area contributed by atoms with Crippen molar-refractivity contribution in [3.8, 4) is 10.6 Å². The zero-order valence-corrected chi connectivity index (χ0v) is 9.73. The molecule has 1 aliphatic heterocycles. The number of nitrogens with one attached hydrogen (secondary N) is 1. The van der Waals surface area contributed by atoms with Crippen LogP contribution in [0, 0.1) is 11.6 Å². The van der Waals surface area contributed by atoms with E-state index in [1.165, 1.54) is 17.4 Å². The molecule has 0 saturated carbocycles. The molecule has 1 N–H and O–H groups in total. The van der Waals surface area contributed by atoms with Crippen LogP contribution in [0.2, 0.25) is 0 Å². The van der Waals surface area contributed by atoms with Crippen molar-refractivity contribution < 1.29 is 8.78 Å². The second-order valence-corrected chi connectivity index (χ2v) is 4.92. The molecule has 1 aromatic heterocycles. The molecule has 2 heterocycles. The summed E-state index contributed by atoms with van der Waals surface area (Å²) in [7, 11) is 0. The Kier molecular flexibility index (Phi) is 2.64. The zero-order valence-electron chi connectivity index (χ0n) is 8.91. The van der Waals surface area contributed by atoms with E-state index in [0.29, 0.717) is 11.5 Å². The lowest BCUT2D eigenvalue weighted by Crippen LogP contribution is -2.40. The van der Waals surface area contributed by atoms with Gasteiger partial charge in [0.1, 0.15) is 5.01 Å². The average Bonchev–Trinajstić information content (AvgIpc) is 2.69. The molecule has 0 spiro atoms. The first-order valence-electron chi connectivity index (χ1n) is 5.35. The topological polar surface area (TPSA) is 24.9 Å². The van der Waals surface area contributed by atoms with Gasteiger partial charge in [0.15, 0.2) is 11.6 Å². The molecule has 0 atom stereocenters. The van der Waals surface area contributed by atoms with Crippen LogP contribution >= 0.6 is 11.3 Å². The lowest BCUT2D eigenvalue weighted by molar-refractivity contribution is 0.441. The van der Waals surface area contributed by atoms with E-state index >= 15 is 0 Å². The predicted molar refractivity (Wildman–Crippen MR) is 63.1 cm³/mol. The highest BCUT2D eigenvalue weighted by Crippen LogP contribution is 2.29. The molecule has 17 heavy (non-hydrogen) atoms. The van der Waals surface area contributed by atoms with E-state index in [-0.39, 0.29) is 0 Å². The highest BCUT2D eigenvalue weighted by atomic mass is 32.1. The summed E-state index contributed by atoms with van der Waals surface area (Å²) in [6.45, 7) is 1.89. The van der Waals surface area contributed by atoms with Crippen LogP contribution in [0.4, 0.5) is 8.78 Å². The van der Waals surface area contributed by atoms with E-state index in [4.69, 9.17) is 0 Å². The molecule has 2 nitrogen and oxygen atoms in total. The Balaban J connectivity index is 1.92. The predicted octanol–water partition coefficient (Wildman–Crippen LogP) is 2.78. The standard InChI is InChI=1S/C12H10F2N2S/c13-9-2-1-7(3-10(9)14)12-16-11(6-17-12)8-4-15-5-8/h1-3,6,8,15H,4-5H2. The van der Waals surface area contributed by atoms with Crippen LogP contribution in [0.15, 0.2) is 23.6 Å². The maximum Gasteiger partial charge on any atom is 0.159 e. The smallest absolute Gasteiger partial charge is 0.159 e. The highest BCUT2D eigenvalue weighted by molar-refractivity contribution is 7.13. The van der Waals surface area contributed by atoms with Crippen LogP contribution < -0.4 is 5.32 Å². The molecule has 0 aliphatic carbocycles. The van der Waals surface area contributed by atoms with Crippen LogP contribution in [0.1, 0.15) is 11.6 Å². The third kappa shape index (κ3) is 1.96. The van der Waals surface area contributed by atoms with E-state index in [1.54, 1.807) is 6.07 Å². The Morgan fingerprint density at radius 1 is 1.24 bits per heavy atom. The minimum atomic E-state index is -0.829. The summed E-state index contributed by atoms with van der Waals surface area (Å²) >= 11 is 1.47. The van der Waals surface area contributed by atoms with E-state index in [2.05, 4.69) is 10.3 Å². The van der Waals surface area contributed by atoms with Gasteiger partial charge in [-0.1, -0.05) is 0 Å². The molecule has 0 radical (unpaired) electrons. The van der Waals surface area contributed by atoms with Crippen molar-refractivity contribution >= 4 is 11.3 Å². The monoisotopic (exact) mass is 252 g/mol. The number of nitrogens with zero attached hydrogens (tertiary/aromatic N) is 1. The molecule has 1 aliphatic rings. The minimum absolute atomic E-state index is 0.463. The highest BCUT2D eigenvalue weighted by Gasteiger charge is 2.21. The van der Waals surface area contributed by atoms with Crippen molar-refractivity contribution in [2.75, 3.05) is 13.1 Å². The first-order chi connectivity index (χ1) is 8.24. The molecular formula is C12H10F2N2S. The van der Waals surface area contributed by atoms with Crippen LogP contribution in [-0.2, 0) is 0 Å². The molecule has 5 heteroatoms. The van der Waals surface area contributed by atoms with Gasteiger partial charge in [0.05, 0.1) is 5.69 Å². The summed E-state index contributed by atoms with van der Waals surface area (Å²) in [5.41, 5.74) is 1.67. The SMILES string of the molecule is Fc1ccc(-c2nc(C3CNC3)cs2)cc1F. The van der Waals surface area contributed by atoms with Crippen molar-refractivity contribution in [2.45, 2.75) is 5.92 Å². The molecule has 0 unspecified atom stereocenters. The average molecular weight is 252 g/mol. The molecule has 0 amide bonds. The number of halogens is 2. The zero-order chi connectivity index (χ0) is 11.8. The Morgan fingerprint density at radius 2 is 2.06 bits per heavy atom. The summed E-state index contributed by atoms with van der Waals surface area (Å²) in [6, 6.07) is 3.88. The van der Waals surface area contributed by atoms with Gasteiger partial charge in [-0.25, -0.2) is 13.8 Å². The normalized spacial score (nSPS) is 15.9. The van der Waals surface area contributed by atoms with E-state index in [1.807, 2.05) is 5.38 Å². The fourth-order valence-corrected chi connectivity index (χ4v) is 2.63. The molecular weight excluding hydrogens is 242 g/mol. The Morgan fingerprint density at radius 3 is 2.71 bits per heavy atom. The number of benzene rings is 1. The quantitative estimate of drug-likeness (QED) is 0.889. The first-order valence-corrected chi connectivity index (χ1v) is 6.23. The van der Waals surface area contributed by atoms with Crippen LogP contribution in [0.5, 0.6) is 0 Å². The van der Waals surface area contributed by atoms with E-state index in [9.17, 15) is 8.78 Å². The number of aromatic nitrogens is 1. The van der Waals surface area contributed by atoms with Gasteiger partial charge >= 0.3 is 0 Å². The Labute approximate surface area is 101 Å². The molecule has 3 rings (SSSR count). The third-order valence-corrected chi connectivity index (χ3v) is 3.80. The van der Waals surface area contributed by atoms with Gasteiger partial charge in [-0.2, -0.15) is 0 Å². The maximum atomic E-state index is 13.1. The largest absolute Gasteiger partial charge is 0.315 e. The molecule has 1 fully saturated rings. The molecule has 0 bridgehead atoms. The van der Waals surface area contributed by atoms with Crippen LogP contribution in [0.25, 0.3) is 10.6 Å². The Hall–Kier alpha value is -1.33. The van der Waals surface area contributed by atoms with Gasteiger partial charge in [-0.05, 0) is 18.2 Å². The van der Waals surface area contributed by atoms with Crippen molar-refractivity contribution in [3.63, 3.8) is 0 Å². The second kappa shape index (κ2) is 4.16. The van der Waals surface area contributed by atoms with Crippen molar-refractivity contribution in [2.24, 2.45) is 0 Å². The lowest BCUT2D eigenvalue weighted by Gasteiger charge is -2.25. The van der Waals surface area contributed by atoms with Gasteiger partial charge in [0.25, 0.3) is 0 Å². The fourth-order valence-electron chi connectivity index (χ4n) is 1.73. The molecule has 1 saturated heterocycles. The summed E-state index contributed by atoms with van der Waals surface area (Å²) < 4.78 is 25.9. The summed E-state index contributed by atoms with van der Waals surface area (Å²) in [6.07, 6.45) is 0. The number of rotatable bonds is 2. The van der Waals surface area contributed by atoms with Gasteiger partial charge in [-0.3, -0.25) is 0 Å². The molecule has 88 valence electrons. The van der Waals surface area contributed by atoms with E-state index in [0.717, 1.165) is 29.9 Å². The van der Waals surface area contributed by atoms with Crippen LogP contribution in [0.3, 0.4) is 0 Å². The van der Waals surface area contributed by atoms with E-state index < -0.39 is 11.6 Å². The summed E-state index contributed by atoms with van der Waals surface area (Å²) in [5.74, 6) is -1.19. The van der Waals surface area contributed by atoms with Crippen molar-refractivity contribution in [1.29, 1.82) is 0 Å². The summed E-state index contributed by atoms with van der Waals surface area (Å²) in [4.78, 5) is 4.46. The third-order valence-electron chi connectivity index (χ3n) is 2.89. The van der Waals surface area contributed by atoms with Gasteiger partial charge in [0.2, 0.25) is 0 Å². The second-order valence-electron chi connectivity index (χ2n) is 4.06. The molecule has 2 aromatic rings. The Bertz CT molecular complexity index is 549. The first kappa shape index (κ1) is 10.8. The van der Waals surface area contributed by atoms with Gasteiger partial charge < -0.3 is 5.32 Å². The van der Waals surface area contributed by atoms with Gasteiger partial charge in [0, 0.05) is 30.0 Å². The van der Waals surface area contributed by atoms with Crippen molar-refractivity contribution in [3.05, 3.63) is 40.9 Å². The fraction of sp³-hybridized carbons (Fsp3) is 0.250. The molecule has 1 aromatic carbocycles. The number of thiazole rings is 1. The lowest BCUT2D eigenvalue weighted by atomic mass is 10.0. The van der Waals surface area contributed by atoms with Crippen molar-refractivity contribution in [1.82, 2.24) is 10.3 Å². The maximum absolute atomic E-state index is 13.1. The summed E-state index contributed by atoms with van der Waals surface area (Å²) in [5, 5.41) is 5.91. The minimum Gasteiger partial charge on any atom is -0.315 e. The van der Waals surface area contributed by atoms with Gasteiger partial charge in [-0.15, -0.1) is 11.3 Å².